The summed E-state index contributed by atoms with van der Waals surface area (Å²) in [5.74, 6) is 1.48. The van der Waals surface area contributed by atoms with Crippen molar-refractivity contribution in [1.29, 1.82) is 0 Å². The van der Waals surface area contributed by atoms with E-state index in [-0.39, 0.29) is 11.5 Å². The molecule has 3 heterocycles. The standard InChI is InChI=1S/C20H19N3O3/c24-18-8-4-5-11-22(18)13-10-19(25)23-12-9-17-16(14-23)21-20(26-17)15-6-2-1-3-7-15/h1-8,11H,9-10,12-14H2. The summed E-state index contributed by atoms with van der Waals surface area (Å²) in [5.41, 5.74) is 1.66. The van der Waals surface area contributed by atoms with Gasteiger partial charge in [-0.25, -0.2) is 4.98 Å². The van der Waals surface area contributed by atoms with Gasteiger partial charge in [0, 0.05) is 43.8 Å². The Kier molecular flexibility index (Phi) is 4.39. The van der Waals surface area contributed by atoms with E-state index in [9.17, 15) is 9.59 Å². The van der Waals surface area contributed by atoms with Crippen LogP contribution in [0.3, 0.4) is 0 Å². The zero-order valence-electron chi connectivity index (χ0n) is 14.3. The number of hydrogen-bond acceptors (Lipinski definition) is 4. The van der Waals surface area contributed by atoms with Gasteiger partial charge in [-0.2, -0.15) is 0 Å². The van der Waals surface area contributed by atoms with Gasteiger partial charge in [-0.05, 0) is 18.2 Å². The molecule has 26 heavy (non-hydrogen) atoms. The number of carbonyl (C=O) groups is 1. The quantitative estimate of drug-likeness (QED) is 0.726. The maximum absolute atomic E-state index is 12.5. The van der Waals surface area contributed by atoms with Crippen LogP contribution in [-0.2, 0) is 24.3 Å². The van der Waals surface area contributed by atoms with Gasteiger partial charge in [0.05, 0.1) is 6.54 Å². The van der Waals surface area contributed by atoms with Gasteiger partial charge < -0.3 is 13.9 Å². The van der Waals surface area contributed by atoms with Gasteiger partial charge in [0.15, 0.2) is 0 Å². The number of fused-ring (bicyclic) bond motifs is 1. The number of carbonyl (C=O) groups excluding carboxylic acids is 1. The average molecular weight is 349 g/mol. The normalized spacial score (nSPS) is 13.5. The number of aryl methyl sites for hydroxylation is 1. The molecule has 1 aliphatic rings. The second kappa shape index (κ2) is 7.00. The molecule has 6 heteroatoms. The molecule has 0 radical (unpaired) electrons. The minimum Gasteiger partial charge on any atom is -0.441 e. The lowest BCUT2D eigenvalue weighted by Gasteiger charge is -2.25. The number of hydrogen-bond donors (Lipinski definition) is 0. The van der Waals surface area contributed by atoms with Gasteiger partial charge in [-0.3, -0.25) is 9.59 Å². The molecule has 3 aromatic rings. The molecular weight excluding hydrogens is 330 g/mol. The van der Waals surface area contributed by atoms with E-state index < -0.39 is 0 Å². The van der Waals surface area contributed by atoms with Crippen molar-refractivity contribution in [3.8, 4) is 11.5 Å². The van der Waals surface area contributed by atoms with Crippen molar-refractivity contribution >= 4 is 5.91 Å². The van der Waals surface area contributed by atoms with E-state index in [2.05, 4.69) is 4.98 Å². The topological polar surface area (TPSA) is 68.3 Å². The van der Waals surface area contributed by atoms with Crippen LogP contribution in [0.5, 0.6) is 0 Å². The van der Waals surface area contributed by atoms with Crippen molar-refractivity contribution < 1.29 is 9.21 Å². The predicted molar refractivity (Wildman–Crippen MR) is 96.4 cm³/mol. The summed E-state index contributed by atoms with van der Waals surface area (Å²) in [4.78, 5) is 30.6. The Balaban J connectivity index is 1.43. The predicted octanol–water partition coefficient (Wildman–Crippen LogP) is 2.48. The lowest BCUT2D eigenvalue weighted by Crippen LogP contribution is -2.36. The molecule has 1 aliphatic heterocycles. The van der Waals surface area contributed by atoms with Crippen LogP contribution in [0.1, 0.15) is 17.9 Å². The molecule has 0 N–H and O–H groups in total. The summed E-state index contributed by atoms with van der Waals surface area (Å²) in [5, 5.41) is 0. The Morgan fingerprint density at radius 3 is 2.73 bits per heavy atom. The summed E-state index contributed by atoms with van der Waals surface area (Å²) in [6.45, 7) is 1.45. The van der Waals surface area contributed by atoms with Crippen LogP contribution in [0.25, 0.3) is 11.5 Å². The molecule has 0 saturated carbocycles. The van der Waals surface area contributed by atoms with Gasteiger partial charge in [-0.15, -0.1) is 0 Å². The third-order valence-electron chi connectivity index (χ3n) is 4.57. The summed E-state index contributed by atoms with van der Waals surface area (Å²) >= 11 is 0. The molecule has 2 aromatic heterocycles. The highest BCUT2D eigenvalue weighted by atomic mass is 16.4. The first-order chi connectivity index (χ1) is 12.7. The Morgan fingerprint density at radius 2 is 1.92 bits per heavy atom. The number of nitrogens with zero attached hydrogens (tertiary/aromatic N) is 3. The SMILES string of the molecule is O=C(CCn1ccccc1=O)N1CCc2oc(-c3ccccc3)nc2C1. The molecule has 1 aromatic carbocycles. The second-order valence-corrected chi connectivity index (χ2v) is 6.30. The maximum atomic E-state index is 12.5. The first-order valence-corrected chi connectivity index (χ1v) is 8.68. The van der Waals surface area contributed by atoms with Crippen molar-refractivity contribution in [2.75, 3.05) is 6.54 Å². The largest absolute Gasteiger partial charge is 0.441 e. The van der Waals surface area contributed by atoms with Crippen LogP contribution in [0.15, 0.2) is 63.9 Å². The van der Waals surface area contributed by atoms with Crippen LogP contribution in [0.2, 0.25) is 0 Å². The minimum atomic E-state index is -0.0924. The molecule has 132 valence electrons. The fourth-order valence-corrected chi connectivity index (χ4v) is 3.14. The molecular formula is C20H19N3O3. The van der Waals surface area contributed by atoms with E-state index in [0.717, 1.165) is 17.0 Å². The molecule has 0 bridgehead atoms. The lowest BCUT2D eigenvalue weighted by molar-refractivity contribution is -0.132. The zero-order valence-corrected chi connectivity index (χ0v) is 14.3. The van der Waals surface area contributed by atoms with Crippen LogP contribution in [-0.4, -0.2) is 26.9 Å². The highest BCUT2D eigenvalue weighted by molar-refractivity contribution is 5.76. The number of oxazole rings is 1. The van der Waals surface area contributed by atoms with Gasteiger partial charge in [-0.1, -0.05) is 24.3 Å². The van der Waals surface area contributed by atoms with Crippen LogP contribution < -0.4 is 5.56 Å². The lowest BCUT2D eigenvalue weighted by atomic mass is 10.1. The van der Waals surface area contributed by atoms with Gasteiger partial charge >= 0.3 is 0 Å². The first kappa shape index (κ1) is 16.3. The molecule has 6 nitrogen and oxygen atoms in total. The Hall–Kier alpha value is -3.15. The van der Waals surface area contributed by atoms with Crippen molar-refractivity contribution in [2.45, 2.75) is 25.9 Å². The summed E-state index contributed by atoms with van der Waals surface area (Å²) in [6, 6.07) is 14.7. The smallest absolute Gasteiger partial charge is 0.250 e. The monoisotopic (exact) mass is 349 g/mol. The molecule has 0 fully saturated rings. The summed E-state index contributed by atoms with van der Waals surface area (Å²) in [6.07, 6.45) is 2.66. The van der Waals surface area contributed by atoms with Gasteiger partial charge in [0.1, 0.15) is 11.5 Å². The Labute approximate surface area is 150 Å². The number of aromatic nitrogens is 2. The zero-order chi connectivity index (χ0) is 17.9. The van der Waals surface area contributed by atoms with Crippen molar-refractivity contribution in [1.82, 2.24) is 14.5 Å². The Bertz CT molecular complexity index is 975. The number of pyridine rings is 1. The molecule has 0 atom stereocenters. The van der Waals surface area contributed by atoms with E-state index in [1.165, 1.54) is 6.07 Å². The molecule has 0 aliphatic carbocycles. The number of rotatable bonds is 4. The number of amides is 1. The van der Waals surface area contributed by atoms with Crippen LogP contribution in [0.4, 0.5) is 0 Å². The highest BCUT2D eigenvalue weighted by Crippen LogP contribution is 2.26. The van der Waals surface area contributed by atoms with E-state index in [1.54, 1.807) is 27.8 Å². The van der Waals surface area contributed by atoms with Crippen molar-refractivity contribution in [3.63, 3.8) is 0 Å². The molecule has 0 spiro atoms. The van der Waals surface area contributed by atoms with E-state index in [0.29, 0.717) is 38.4 Å². The highest BCUT2D eigenvalue weighted by Gasteiger charge is 2.25. The fraction of sp³-hybridized carbons (Fsp3) is 0.250. The van der Waals surface area contributed by atoms with Crippen molar-refractivity contribution in [3.05, 3.63) is 76.5 Å². The van der Waals surface area contributed by atoms with Gasteiger partial charge in [0.2, 0.25) is 11.8 Å². The second-order valence-electron chi connectivity index (χ2n) is 6.30. The molecule has 0 unspecified atom stereocenters. The van der Waals surface area contributed by atoms with Crippen LogP contribution in [0, 0.1) is 0 Å². The van der Waals surface area contributed by atoms with Crippen LogP contribution >= 0.6 is 0 Å². The fourth-order valence-electron chi connectivity index (χ4n) is 3.14. The molecule has 4 rings (SSSR count). The minimum absolute atomic E-state index is 0.0238. The third kappa shape index (κ3) is 3.31. The molecule has 0 saturated heterocycles. The van der Waals surface area contributed by atoms with Gasteiger partial charge in [0.25, 0.3) is 5.56 Å². The van der Waals surface area contributed by atoms with E-state index >= 15 is 0 Å². The third-order valence-corrected chi connectivity index (χ3v) is 4.57. The first-order valence-electron chi connectivity index (χ1n) is 8.68. The van der Waals surface area contributed by atoms with E-state index in [4.69, 9.17) is 4.42 Å². The average Bonchev–Trinajstić information content (AvgIpc) is 3.11. The summed E-state index contributed by atoms with van der Waals surface area (Å²) < 4.78 is 7.42. The van der Waals surface area contributed by atoms with E-state index in [1.807, 2.05) is 30.3 Å². The van der Waals surface area contributed by atoms with Crippen molar-refractivity contribution in [2.24, 2.45) is 0 Å². The maximum Gasteiger partial charge on any atom is 0.250 e. The number of benzene rings is 1. The molecule has 1 amide bonds. The Morgan fingerprint density at radius 1 is 1.12 bits per heavy atom. The summed E-state index contributed by atoms with van der Waals surface area (Å²) in [7, 11) is 0.